The van der Waals surface area contributed by atoms with Crippen LogP contribution in [-0.2, 0) is 9.84 Å². The molecule has 0 bridgehead atoms. The van der Waals surface area contributed by atoms with Gasteiger partial charge in [0.2, 0.25) is 0 Å². The fourth-order valence-corrected chi connectivity index (χ4v) is 3.42. The monoisotopic (exact) mass is 366 g/mol. The molecule has 23 heavy (non-hydrogen) atoms. The van der Waals surface area contributed by atoms with Crippen molar-refractivity contribution in [3.05, 3.63) is 58.7 Å². The molecule has 118 valence electrons. The third kappa shape index (κ3) is 3.27. The van der Waals surface area contributed by atoms with Gasteiger partial charge < -0.3 is 0 Å². The summed E-state index contributed by atoms with van der Waals surface area (Å²) < 4.78 is 23.1. The molecule has 2 aromatic carbocycles. The van der Waals surface area contributed by atoms with Gasteiger partial charge in [-0.1, -0.05) is 41.4 Å². The first-order chi connectivity index (χ1) is 10.9. The van der Waals surface area contributed by atoms with Crippen LogP contribution in [0.3, 0.4) is 0 Å². The molecule has 0 aliphatic heterocycles. The molecule has 0 radical (unpaired) electrons. The van der Waals surface area contributed by atoms with E-state index in [2.05, 4.69) is 10.2 Å². The Hall–Kier alpha value is -1.82. The minimum absolute atomic E-state index is 0.267. The Balaban J connectivity index is 2.08. The fraction of sp³-hybridized carbons (Fsp3) is 0.0625. The number of benzene rings is 2. The van der Waals surface area contributed by atoms with Crippen LogP contribution < -0.4 is 0 Å². The molecule has 0 atom stereocenters. The molecule has 0 saturated heterocycles. The van der Waals surface area contributed by atoms with Gasteiger partial charge >= 0.3 is 0 Å². The van der Waals surface area contributed by atoms with E-state index in [-0.39, 0.29) is 4.90 Å². The number of sulfone groups is 1. The summed E-state index contributed by atoms with van der Waals surface area (Å²) in [6.45, 7) is 0. The summed E-state index contributed by atoms with van der Waals surface area (Å²) in [5, 5.41) is 8.15. The zero-order valence-electron chi connectivity index (χ0n) is 12.0. The topological polar surface area (TPSA) is 62.8 Å². The van der Waals surface area contributed by atoms with Crippen LogP contribution in [0.15, 0.2) is 53.6 Å². The maximum Gasteiger partial charge on any atom is 0.175 e. The second-order valence-electron chi connectivity index (χ2n) is 5.07. The van der Waals surface area contributed by atoms with Crippen LogP contribution in [-0.4, -0.2) is 24.9 Å². The first-order valence-corrected chi connectivity index (χ1v) is 9.30. The number of nitrogens with zero attached hydrogens (tertiary/aromatic N) is 1. The summed E-state index contributed by atoms with van der Waals surface area (Å²) in [5.74, 6) is 0. The van der Waals surface area contributed by atoms with Crippen LogP contribution in [0.25, 0.3) is 22.4 Å². The highest BCUT2D eigenvalue weighted by molar-refractivity contribution is 7.90. The van der Waals surface area contributed by atoms with E-state index in [4.69, 9.17) is 23.2 Å². The summed E-state index contributed by atoms with van der Waals surface area (Å²) in [5.41, 5.74) is 3.10. The van der Waals surface area contributed by atoms with E-state index in [0.29, 0.717) is 15.7 Å². The van der Waals surface area contributed by atoms with Gasteiger partial charge in [0.1, 0.15) is 0 Å². The predicted molar refractivity (Wildman–Crippen MR) is 92.6 cm³/mol. The average Bonchev–Trinajstić information content (AvgIpc) is 2.95. The van der Waals surface area contributed by atoms with E-state index < -0.39 is 9.84 Å². The average molecular weight is 367 g/mol. The molecule has 0 saturated carbocycles. The lowest BCUT2D eigenvalue weighted by Crippen LogP contribution is -1.96. The Morgan fingerprint density at radius 3 is 2.30 bits per heavy atom. The van der Waals surface area contributed by atoms with Gasteiger partial charge in [0.15, 0.2) is 9.84 Å². The van der Waals surface area contributed by atoms with Gasteiger partial charge in [0.05, 0.1) is 15.6 Å². The molecule has 0 aliphatic rings. The summed E-state index contributed by atoms with van der Waals surface area (Å²) in [4.78, 5) is 0.267. The Bertz CT molecular complexity index is 964. The second kappa shape index (κ2) is 6.00. The van der Waals surface area contributed by atoms with E-state index >= 15 is 0 Å². The molecular weight excluding hydrogens is 355 g/mol. The van der Waals surface area contributed by atoms with Crippen molar-refractivity contribution in [3.8, 4) is 22.4 Å². The Morgan fingerprint density at radius 1 is 1.00 bits per heavy atom. The summed E-state index contributed by atoms with van der Waals surface area (Å²) in [7, 11) is -3.23. The lowest BCUT2D eigenvalue weighted by molar-refractivity contribution is 0.602. The van der Waals surface area contributed by atoms with Crippen molar-refractivity contribution in [2.75, 3.05) is 6.26 Å². The molecule has 0 aliphatic carbocycles. The van der Waals surface area contributed by atoms with Crippen molar-refractivity contribution < 1.29 is 8.42 Å². The Morgan fingerprint density at radius 2 is 1.70 bits per heavy atom. The molecule has 3 rings (SSSR count). The number of rotatable bonds is 3. The van der Waals surface area contributed by atoms with Crippen molar-refractivity contribution in [2.45, 2.75) is 4.90 Å². The molecule has 4 nitrogen and oxygen atoms in total. The second-order valence-corrected chi connectivity index (χ2v) is 7.93. The fourth-order valence-electron chi connectivity index (χ4n) is 2.28. The molecule has 0 fully saturated rings. The number of H-pyrrole nitrogens is 1. The first-order valence-electron chi connectivity index (χ1n) is 6.66. The predicted octanol–water partition coefficient (Wildman–Crippen LogP) is 4.45. The molecule has 3 aromatic rings. The normalized spacial score (nSPS) is 11.6. The van der Waals surface area contributed by atoms with Crippen LogP contribution in [0.2, 0.25) is 10.0 Å². The standard InChI is InChI=1S/C16H12Cl2N2O2S/c1-23(21,22)12-5-2-10(3-6-12)16-14(9-19-20-16)13-7-4-11(17)8-15(13)18/h2-9H,1H3,(H,19,20). The summed E-state index contributed by atoms with van der Waals surface area (Å²) in [6, 6.07) is 11.8. The van der Waals surface area contributed by atoms with Crippen molar-refractivity contribution in [2.24, 2.45) is 0 Å². The highest BCUT2D eigenvalue weighted by atomic mass is 35.5. The van der Waals surface area contributed by atoms with Crippen LogP contribution in [0, 0.1) is 0 Å². The smallest absolute Gasteiger partial charge is 0.175 e. The van der Waals surface area contributed by atoms with Crippen LogP contribution in [0.1, 0.15) is 0 Å². The number of hydrogen-bond donors (Lipinski definition) is 1. The Kier molecular flexibility index (Phi) is 4.19. The quantitative estimate of drug-likeness (QED) is 0.744. The highest BCUT2D eigenvalue weighted by Gasteiger charge is 2.14. The lowest BCUT2D eigenvalue weighted by atomic mass is 10.0. The van der Waals surface area contributed by atoms with E-state index in [9.17, 15) is 8.42 Å². The maximum absolute atomic E-state index is 11.5. The Labute approximate surface area is 144 Å². The van der Waals surface area contributed by atoms with E-state index in [0.717, 1.165) is 16.7 Å². The van der Waals surface area contributed by atoms with E-state index in [1.165, 1.54) is 6.26 Å². The van der Waals surface area contributed by atoms with Gasteiger partial charge in [-0.2, -0.15) is 5.10 Å². The zero-order chi connectivity index (χ0) is 16.6. The number of hydrogen-bond acceptors (Lipinski definition) is 3. The van der Waals surface area contributed by atoms with Gasteiger partial charge in [-0.15, -0.1) is 0 Å². The van der Waals surface area contributed by atoms with Crippen LogP contribution in [0.5, 0.6) is 0 Å². The molecule has 7 heteroatoms. The largest absolute Gasteiger partial charge is 0.284 e. The van der Waals surface area contributed by atoms with Crippen molar-refractivity contribution in [3.63, 3.8) is 0 Å². The minimum atomic E-state index is -3.23. The summed E-state index contributed by atoms with van der Waals surface area (Å²) >= 11 is 12.2. The molecule has 0 unspecified atom stereocenters. The van der Waals surface area contributed by atoms with Gasteiger partial charge in [-0.25, -0.2) is 8.42 Å². The number of aromatic nitrogens is 2. The van der Waals surface area contributed by atoms with Gasteiger partial charge in [0.25, 0.3) is 0 Å². The van der Waals surface area contributed by atoms with Crippen LogP contribution >= 0.6 is 23.2 Å². The van der Waals surface area contributed by atoms with E-state index in [1.54, 1.807) is 42.6 Å². The molecule has 0 spiro atoms. The van der Waals surface area contributed by atoms with Gasteiger partial charge in [-0.3, -0.25) is 5.10 Å². The number of nitrogens with one attached hydrogen (secondary N) is 1. The van der Waals surface area contributed by atoms with Gasteiger partial charge in [0, 0.05) is 34.2 Å². The van der Waals surface area contributed by atoms with Crippen LogP contribution in [0.4, 0.5) is 0 Å². The SMILES string of the molecule is CS(=O)(=O)c1ccc(-c2n[nH]cc2-c2ccc(Cl)cc2Cl)cc1. The molecule has 0 amide bonds. The maximum atomic E-state index is 11.5. The molecule has 1 aromatic heterocycles. The van der Waals surface area contributed by atoms with Crippen molar-refractivity contribution in [1.82, 2.24) is 10.2 Å². The van der Waals surface area contributed by atoms with E-state index in [1.807, 2.05) is 6.07 Å². The molecule has 1 heterocycles. The zero-order valence-corrected chi connectivity index (χ0v) is 14.4. The molecular formula is C16H12Cl2N2O2S. The summed E-state index contributed by atoms with van der Waals surface area (Å²) in [6.07, 6.45) is 2.92. The van der Waals surface area contributed by atoms with Crippen molar-refractivity contribution >= 4 is 33.0 Å². The lowest BCUT2D eigenvalue weighted by Gasteiger charge is -2.06. The van der Waals surface area contributed by atoms with Crippen molar-refractivity contribution in [1.29, 1.82) is 0 Å². The third-order valence-electron chi connectivity index (χ3n) is 3.42. The first kappa shape index (κ1) is 16.1. The van der Waals surface area contributed by atoms with Gasteiger partial charge in [-0.05, 0) is 24.3 Å². The number of halogens is 2. The number of aromatic amines is 1. The third-order valence-corrected chi connectivity index (χ3v) is 5.09. The minimum Gasteiger partial charge on any atom is -0.284 e. The highest BCUT2D eigenvalue weighted by Crippen LogP contribution is 2.36. The molecule has 1 N–H and O–H groups in total.